The van der Waals surface area contributed by atoms with Crippen molar-refractivity contribution in [2.45, 2.75) is 4.90 Å². The summed E-state index contributed by atoms with van der Waals surface area (Å²) in [5, 5.41) is 24.2. The molecule has 0 amide bonds. The average molecular weight is 266 g/mol. The van der Waals surface area contributed by atoms with E-state index in [4.69, 9.17) is 21.5 Å². The van der Waals surface area contributed by atoms with Gasteiger partial charge in [0.2, 0.25) is 15.7 Å². The number of sulfonamides is 1. The van der Waals surface area contributed by atoms with E-state index in [0.717, 1.165) is 0 Å². The summed E-state index contributed by atoms with van der Waals surface area (Å²) >= 11 is 0. The van der Waals surface area contributed by atoms with Crippen molar-refractivity contribution in [2.24, 2.45) is 16.0 Å². The second kappa shape index (κ2) is 5.26. The van der Waals surface area contributed by atoms with Crippen LogP contribution in [0.5, 0.6) is 0 Å². The number of nitriles is 1. The van der Waals surface area contributed by atoms with E-state index in [-0.39, 0.29) is 16.3 Å². The largest absolute Gasteiger partial charge is 0.382 e. The van der Waals surface area contributed by atoms with Crippen LogP contribution in [-0.2, 0) is 10.0 Å². The number of hydrazone groups is 1. The Kier molecular flexibility index (Phi) is 3.98. The van der Waals surface area contributed by atoms with Gasteiger partial charge in [-0.1, -0.05) is 12.1 Å². The van der Waals surface area contributed by atoms with Gasteiger partial charge in [-0.25, -0.2) is 13.6 Å². The fourth-order valence-electron chi connectivity index (χ4n) is 1.07. The molecule has 9 heteroatoms. The van der Waals surface area contributed by atoms with Crippen molar-refractivity contribution in [3.8, 4) is 6.07 Å². The lowest BCUT2D eigenvalue weighted by atomic mass is 10.3. The van der Waals surface area contributed by atoms with Crippen molar-refractivity contribution in [2.75, 3.05) is 5.43 Å². The van der Waals surface area contributed by atoms with Gasteiger partial charge in [-0.05, 0) is 12.1 Å². The van der Waals surface area contributed by atoms with Crippen LogP contribution in [0.4, 0.5) is 5.69 Å². The van der Waals surface area contributed by atoms with Crippen LogP contribution in [0.3, 0.4) is 0 Å². The Balaban J connectivity index is 3.15. The molecule has 0 heterocycles. The zero-order valence-electron chi connectivity index (χ0n) is 9.08. The van der Waals surface area contributed by atoms with Crippen LogP contribution in [0.15, 0.2) is 34.3 Å². The highest BCUT2D eigenvalue weighted by Gasteiger charge is 2.13. The number of amidine groups is 1. The lowest BCUT2D eigenvalue weighted by Crippen LogP contribution is -2.22. The molecule has 0 saturated carbocycles. The highest BCUT2D eigenvalue weighted by Crippen LogP contribution is 2.18. The van der Waals surface area contributed by atoms with Gasteiger partial charge in [0.1, 0.15) is 11.0 Å². The highest BCUT2D eigenvalue weighted by molar-refractivity contribution is 7.89. The van der Waals surface area contributed by atoms with E-state index in [1.54, 1.807) is 12.1 Å². The predicted octanol–water partition coefficient (Wildman–Crippen LogP) is -0.439. The SMILES string of the molecule is N#C/C(=N\Nc1ccccc1S(N)(=O)=O)C(=N)N. The molecule has 0 aliphatic rings. The number of primary sulfonamides is 1. The van der Waals surface area contributed by atoms with Crippen molar-refractivity contribution in [1.82, 2.24) is 0 Å². The molecular formula is C9H10N6O2S. The minimum Gasteiger partial charge on any atom is -0.382 e. The Morgan fingerprint density at radius 1 is 1.44 bits per heavy atom. The molecule has 0 fully saturated rings. The number of benzene rings is 1. The van der Waals surface area contributed by atoms with E-state index >= 15 is 0 Å². The fraction of sp³-hybridized carbons (Fsp3) is 0. The van der Waals surface area contributed by atoms with E-state index < -0.39 is 15.9 Å². The monoisotopic (exact) mass is 266 g/mol. The molecule has 1 aromatic rings. The van der Waals surface area contributed by atoms with Crippen molar-refractivity contribution in [3.05, 3.63) is 24.3 Å². The minimum atomic E-state index is -3.91. The van der Waals surface area contributed by atoms with Crippen LogP contribution in [-0.4, -0.2) is 20.0 Å². The first kappa shape index (κ1) is 13.6. The zero-order chi connectivity index (χ0) is 13.8. The maximum Gasteiger partial charge on any atom is 0.240 e. The molecule has 0 aliphatic heterocycles. The number of para-hydroxylation sites is 1. The second-order valence-corrected chi connectivity index (χ2v) is 4.67. The van der Waals surface area contributed by atoms with Crippen LogP contribution in [0.25, 0.3) is 0 Å². The quantitative estimate of drug-likeness (QED) is 0.330. The first-order valence-electron chi connectivity index (χ1n) is 4.56. The molecule has 0 aliphatic carbocycles. The average Bonchev–Trinajstić information content (AvgIpc) is 2.28. The summed E-state index contributed by atoms with van der Waals surface area (Å²) in [6.07, 6.45) is 0. The second-order valence-electron chi connectivity index (χ2n) is 3.14. The molecule has 6 N–H and O–H groups in total. The van der Waals surface area contributed by atoms with Crippen LogP contribution in [0, 0.1) is 16.7 Å². The molecule has 1 rings (SSSR count). The lowest BCUT2D eigenvalue weighted by Gasteiger charge is -2.06. The molecule has 8 nitrogen and oxygen atoms in total. The van der Waals surface area contributed by atoms with E-state index in [9.17, 15) is 8.42 Å². The van der Waals surface area contributed by atoms with E-state index in [1.807, 2.05) is 0 Å². The smallest absolute Gasteiger partial charge is 0.240 e. The zero-order valence-corrected chi connectivity index (χ0v) is 9.90. The first-order valence-corrected chi connectivity index (χ1v) is 6.11. The maximum atomic E-state index is 11.3. The van der Waals surface area contributed by atoms with E-state index in [0.29, 0.717) is 0 Å². The van der Waals surface area contributed by atoms with Gasteiger partial charge in [-0.15, -0.1) is 0 Å². The molecule has 94 valence electrons. The molecule has 0 saturated heterocycles. The molecule has 0 atom stereocenters. The molecule has 0 bridgehead atoms. The van der Waals surface area contributed by atoms with Gasteiger partial charge >= 0.3 is 0 Å². The van der Waals surface area contributed by atoms with Gasteiger partial charge in [0.15, 0.2) is 5.84 Å². The Labute approximate surface area is 103 Å². The third-order valence-corrected chi connectivity index (χ3v) is 2.81. The maximum absolute atomic E-state index is 11.3. The summed E-state index contributed by atoms with van der Waals surface area (Å²) in [4.78, 5) is -0.172. The van der Waals surface area contributed by atoms with E-state index in [1.165, 1.54) is 18.2 Å². The summed E-state index contributed by atoms with van der Waals surface area (Å²) in [7, 11) is -3.91. The third kappa shape index (κ3) is 3.27. The number of hydrogen-bond donors (Lipinski definition) is 4. The number of hydrogen-bond acceptors (Lipinski definition) is 6. The molecule has 0 aromatic heterocycles. The van der Waals surface area contributed by atoms with E-state index in [2.05, 4.69) is 10.5 Å². The Morgan fingerprint density at radius 2 is 2.06 bits per heavy atom. The van der Waals surface area contributed by atoms with Crippen LogP contribution in [0.1, 0.15) is 0 Å². The minimum absolute atomic E-state index is 0.0917. The molecule has 0 radical (unpaired) electrons. The third-order valence-electron chi connectivity index (χ3n) is 1.84. The van der Waals surface area contributed by atoms with Gasteiger partial charge in [-0.3, -0.25) is 10.8 Å². The summed E-state index contributed by atoms with van der Waals surface area (Å²) in [6.45, 7) is 0. The fourth-order valence-corrected chi connectivity index (χ4v) is 1.76. The topological polar surface area (TPSA) is 158 Å². The lowest BCUT2D eigenvalue weighted by molar-refractivity contribution is 0.598. The first-order chi connectivity index (χ1) is 8.36. The van der Waals surface area contributed by atoms with Gasteiger partial charge < -0.3 is 5.73 Å². The molecule has 18 heavy (non-hydrogen) atoms. The van der Waals surface area contributed by atoms with Gasteiger partial charge in [-0.2, -0.15) is 10.4 Å². The Hall–Kier alpha value is -2.44. The summed E-state index contributed by atoms with van der Waals surface area (Å²) < 4.78 is 22.5. The van der Waals surface area contributed by atoms with Crippen molar-refractivity contribution in [1.29, 1.82) is 10.7 Å². The molecule has 1 aromatic carbocycles. The number of anilines is 1. The van der Waals surface area contributed by atoms with Crippen LogP contribution < -0.4 is 16.3 Å². The number of rotatable bonds is 4. The predicted molar refractivity (Wildman–Crippen MR) is 66.4 cm³/mol. The van der Waals surface area contributed by atoms with Crippen LogP contribution in [0.2, 0.25) is 0 Å². The Bertz CT molecular complexity index is 643. The van der Waals surface area contributed by atoms with Gasteiger partial charge in [0.25, 0.3) is 0 Å². The van der Waals surface area contributed by atoms with Crippen molar-refractivity contribution >= 4 is 27.3 Å². The summed E-state index contributed by atoms with van der Waals surface area (Å²) in [6, 6.07) is 7.34. The van der Waals surface area contributed by atoms with Crippen molar-refractivity contribution in [3.63, 3.8) is 0 Å². The summed E-state index contributed by atoms with van der Waals surface area (Å²) in [5.74, 6) is -0.530. The molecule has 0 spiro atoms. The van der Waals surface area contributed by atoms with Gasteiger partial charge in [0.05, 0.1) is 5.69 Å². The molecular weight excluding hydrogens is 256 g/mol. The van der Waals surface area contributed by atoms with Crippen LogP contribution >= 0.6 is 0 Å². The number of nitrogens with two attached hydrogens (primary N) is 2. The summed E-state index contributed by atoms with van der Waals surface area (Å²) in [5.41, 5.74) is 7.15. The number of nitrogens with zero attached hydrogens (tertiary/aromatic N) is 2. The standard InChI is InChI=1S/C9H10N6O2S/c10-5-7(9(11)12)15-14-6-3-1-2-4-8(6)18(13,16)17/h1-4,14H,(H3,11,12)(H2,13,16,17)/b15-7+. The van der Waals surface area contributed by atoms with Gasteiger partial charge in [0, 0.05) is 0 Å². The Morgan fingerprint density at radius 3 is 2.56 bits per heavy atom. The molecule has 0 unspecified atom stereocenters. The normalized spacial score (nSPS) is 11.7. The highest BCUT2D eigenvalue weighted by atomic mass is 32.2. The number of nitrogens with one attached hydrogen (secondary N) is 2. The van der Waals surface area contributed by atoms with Crippen molar-refractivity contribution < 1.29 is 8.42 Å².